The predicted molar refractivity (Wildman–Crippen MR) is 148 cm³/mol. The molecule has 3 aromatic rings. The molecular formula is C30H33ClN2O2S. The molecule has 1 aliphatic carbocycles. The lowest BCUT2D eigenvalue weighted by molar-refractivity contribution is -0.141. The van der Waals surface area contributed by atoms with Gasteiger partial charge in [-0.1, -0.05) is 91.2 Å². The second kappa shape index (κ2) is 13.5. The van der Waals surface area contributed by atoms with Crippen LogP contribution in [0.5, 0.6) is 0 Å². The number of amides is 2. The summed E-state index contributed by atoms with van der Waals surface area (Å²) in [7, 11) is 0. The van der Waals surface area contributed by atoms with Gasteiger partial charge >= 0.3 is 0 Å². The van der Waals surface area contributed by atoms with E-state index in [4.69, 9.17) is 11.6 Å². The molecule has 4 nitrogen and oxygen atoms in total. The van der Waals surface area contributed by atoms with Crippen LogP contribution in [0.3, 0.4) is 0 Å². The van der Waals surface area contributed by atoms with Crippen molar-refractivity contribution in [3.8, 4) is 0 Å². The summed E-state index contributed by atoms with van der Waals surface area (Å²) in [6.45, 7) is 0.296. The predicted octanol–water partition coefficient (Wildman–Crippen LogP) is 6.52. The molecule has 0 spiro atoms. The molecule has 188 valence electrons. The molecule has 1 fully saturated rings. The number of benzene rings is 3. The van der Waals surface area contributed by atoms with Crippen LogP contribution in [0.2, 0.25) is 5.02 Å². The van der Waals surface area contributed by atoms with Crippen LogP contribution >= 0.6 is 23.4 Å². The van der Waals surface area contributed by atoms with E-state index in [2.05, 4.69) is 5.32 Å². The van der Waals surface area contributed by atoms with E-state index in [1.165, 1.54) is 0 Å². The molecule has 4 rings (SSSR count). The maximum Gasteiger partial charge on any atom is 0.243 e. The second-order valence-corrected chi connectivity index (χ2v) is 10.8. The van der Waals surface area contributed by atoms with Gasteiger partial charge in [-0.25, -0.2) is 0 Å². The highest BCUT2D eigenvalue weighted by Gasteiger charge is 2.32. The fourth-order valence-corrected chi connectivity index (χ4v) is 5.71. The Morgan fingerprint density at radius 3 is 2.25 bits per heavy atom. The topological polar surface area (TPSA) is 49.4 Å². The minimum atomic E-state index is -0.613. The van der Waals surface area contributed by atoms with Crippen molar-refractivity contribution in [3.05, 3.63) is 101 Å². The number of carbonyl (C=O) groups excluding carboxylic acids is 2. The lowest BCUT2D eigenvalue weighted by atomic mass is 10.0. The highest BCUT2D eigenvalue weighted by atomic mass is 35.5. The van der Waals surface area contributed by atoms with Crippen molar-refractivity contribution >= 4 is 35.2 Å². The average Bonchev–Trinajstić information content (AvgIpc) is 3.41. The summed E-state index contributed by atoms with van der Waals surface area (Å²) in [4.78, 5) is 30.3. The van der Waals surface area contributed by atoms with Crippen molar-refractivity contribution in [1.29, 1.82) is 0 Å². The smallest absolute Gasteiger partial charge is 0.243 e. The van der Waals surface area contributed by atoms with Gasteiger partial charge in [0.05, 0.1) is 0 Å². The first-order valence-electron chi connectivity index (χ1n) is 12.6. The molecule has 2 amide bonds. The van der Waals surface area contributed by atoms with Crippen molar-refractivity contribution in [2.75, 3.05) is 5.75 Å². The van der Waals surface area contributed by atoms with Gasteiger partial charge in [0.25, 0.3) is 0 Å². The quantitative estimate of drug-likeness (QED) is 0.293. The van der Waals surface area contributed by atoms with E-state index in [1.54, 1.807) is 16.7 Å². The molecule has 0 heterocycles. The van der Waals surface area contributed by atoms with Gasteiger partial charge in [-0.2, -0.15) is 0 Å². The van der Waals surface area contributed by atoms with Gasteiger partial charge in [0.15, 0.2) is 0 Å². The largest absolute Gasteiger partial charge is 0.352 e. The lowest BCUT2D eigenvalue weighted by Gasteiger charge is -2.32. The zero-order valence-electron chi connectivity index (χ0n) is 20.4. The van der Waals surface area contributed by atoms with E-state index in [0.717, 1.165) is 41.7 Å². The van der Waals surface area contributed by atoms with Crippen molar-refractivity contribution < 1.29 is 9.59 Å². The van der Waals surface area contributed by atoms with Crippen molar-refractivity contribution in [2.24, 2.45) is 0 Å². The van der Waals surface area contributed by atoms with Crippen molar-refractivity contribution in [3.63, 3.8) is 0 Å². The fourth-order valence-electron chi connectivity index (χ4n) is 4.65. The number of hydrogen-bond donors (Lipinski definition) is 1. The Morgan fingerprint density at radius 1 is 0.917 bits per heavy atom. The number of nitrogens with one attached hydrogen (secondary N) is 1. The summed E-state index contributed by atoms with van der Waals surface area (Å²) >= 11 is 8.15. The maximum absolute atomic E-state index is 13.7. The zero-order chi connectivity index (χ0) is 25.2. The summed E-state index contributed by atoms with van der Waals surface area (Å²) in [5.41, 5.74) is 1.87. The average molecular weight is 521 g/mol. The highest BCUT2D eigenvalue weighted by molar-refractivity contribution is 7.99. The number of hydrogen-bond acceptors (Lipinski definition) is 3. The van der Waals surface area contributed by atoms with E-state index in [-0.39, 0.29) is 17.9 Å². The Kier molecular flexibility index (Phi) is 9.88. The Balaban J connectivity index is 1.57. The van der Waals surface area contributed by atoms with Crippen molar-refractivity contribution in [2.45, 2.75) is 62.0 Å². The molecule has 0 aromatic heterocycles. The lowest BCUT2D eigenvalue weighted by Crippen LogP contribution is -2.52. The number of carbonyl (C=O) groups is 2. The second-order valence-electron chi connectivity index (χ2n) is 9.22. The molecule has 1 atom stereocenters. The molecule has 0 aliphatic heterocycles. The van der Waals surface area contributed by atoms with E-state index in [9.17, 15) is 9.59 Å². The van der Waals surface area contributed by atoms with Crippen LogP contribution in [-0.2, 0) is 22.6 Å². The zero-order valence-corrected chi connectivity index (χ0v) is 22.0. The first kappa shape index (κ1) is 26.3. The van der Waals surface area contributed by atoms with Crippen LogP contribution in [0.15, 0.2) is 89.8 Å². The summed E-state index contributed by atoms with van der Waals surface area (Å²) in [6.07, 6.45) is 5.06. The Labute approximate surface area is 223 Å². The van der Waals surface area contributed by atoms with Gasteiger partial charge in [0.2, 0.25) is 11.8 Å². The summed E-state index contributed by atoms with van der Waals surface area (Å²) in [5.74, 6) is 0.521. The molecule has 0 bridgehead atoms. The van der Waals surface area contributed by atoms with E-state index in [0.29, 0.717) is 30.2 Å². The van der Waals surface area contributed by atoms with Crippen LogP contribution < -0.4 is 5.32 Å². The molecule has 36 heavy (non-hydrogen) atoms. The van der Waals surface area contributed by atoms with Gasteiger partial charge in [0.1, 0.15) is 6.04 Å². The van der Waals surface area contributed by atoms with Crippen molar-refractivity contribution in [1.82, 2.24) is 10.2 Å². The molecule has 0 saturated heterocycles. The molecule has 1 saturated carbocycles. The summed E-state index contributed by atoms with van der Waals surface area (Å²) in [6, 6.07) is 27.1. The minimum Gasteiger partial charge on any atom is -0.352 e. The Bertz CT molecular complexity index is 1120. The third-order valence-electron chi connectivity index (χ3n) is 6.60. The normalized spacial score (nSPS) is 14.4. The van der Waals surface area contributed by atoms with Crippen LogP contribution in [0, 0.1) is 0 Å². The van der Waals surface area contributed by atoms with Gasteiger partial charge in [-0.3, -0.25) is 9.59 Å². The Hall–Kier alpha value is -2.76. The third-order valence-corrected chi connectivity index (χ3v) is 7.98. The molecule has 1 N–H and O–H groups in total. The van der Waals surface area contributed by atoms with Crippen LogP contribution in [-0.4, -0.2) is 34.6 Å². The highest BCUT2D eigenvalue weighted by Crippen LogP contribution is 2.24. The molecular weight excluding hydrogens is 488 g/mol. The van der Waals surface area contributed by atoms with Gasteiger partial charge in [-0.05, 0) is 42.2 Å². The first-order chi connectivity index (χ1) is 17.6. The monoisotopic (exact) mass is 520 g/mol. The Morgan fingerprint density at radius 2 is 1.56 bits per heavy atom. The van der Waals surface area contributed by atoms with Gasteiger partial charge < -0.3 is 10.2 Å². The number of thioether (sulfide) groups is 1. The van der Waals surface area contributed by atoms with Crippen LogP contribution in [0.25, 0.3) is 0 Å². The van der Waals surface area contributed by atoms with Gasteiger partial charge in [0, 0.05) is 41.1 Å². The molecule has 0 radical (unpaired) electrons. The summed E-state index contributed by atoms with van der Waals surface area (Å²) in [5, 5.41) is 3.85. The molecule has 3 aromatic carbocycles. The van der Waals surface area contributed by atoms with E-state index < -0.39 is 6.04 Å². The first-order valence-corrected chi connectivity index (χ1v) is 14.0. The number of halogens is 1. The molecule has 6 heteroatoms. The maximum atomic E-state index is 13.7. The van der Waals surface area contributed by atoms with E-state index >= 15 is 0 Å². The van der Waals surface area contributed by atoms with E-state index in [1.807, 2.05) is 84.9 Å². The standard InChI is InChI=1S/C30H33ClN2O2S/c31-27-18-10-7-13-24(27)22-33(29(34)19-20-36-26-16-5-2-6-17-26)28(21-23-11-3-1-4-12-23)30(35)32-25-14-8-9-15-25/h1-7,10-13,16-18,25,28H,8-9,14-15,19-22H2,(H,32,35)/t28-/m0/s1. The number of rotatable bonds is 11. The summed E-state index contributed by atoms with van der Waals surface area (Å²) < 4.78 is 0. The molecule has 1 aliphatic rings. The fraction of sp³-hybridized carbons (Fsp3) is 0.333. The number of nitrogens with zero attached hydrogens (tertiary/aromatic N) is 1. The molecule has 0 unspecified atom stereocenters. The van der Waals surface area contributed by atoms with Crippen LogP contribution in [0.4, 0.5) is 0 Å². The third kappa shape index (κ3) is 7.62. The van der Waals surface area contributed by atoms with Crippen LogP contribution in [0.1, 0.15) is 43.2 Å². The SMILES string of the molecule is O=C(NC1CCCC1)[C@H](Cc1ccccc1)N(Cc1ccccc1Cl)C(=O)CCSc1ccccc1. The van der Waals surface area contributed by atoms with Gasteiger partial charge in [-0.15, -0.1) is 11.8 Å². The minimum absolute atomic E-state index is 0.0409.